The molecule has 4 rings (SSSR count). The number of nitrogens with zero attached hydrogens (tertiary/aromatic N) is 6. The highest BCUT2D eigenvalue weighted by Gasteiger charge is 2.18. The van der Waals surface area contributed by atoms with E-state index in [0.29, 0.717) is 37.0 Å². The van der Waals surface area contributed by atoms with Crippen LogP contribution in [0.15, 0.2) is 77.2 Å². The molecule has 3 aromatic rings. The predicted molar refractivity (Wildman–Crippen MR) is 165 cm³/mol. The maximum Gasteiger partial charge on any atom is 0.245 e. The lowest BCUT2D eigenvalue weighted by Crippen LogP contribution is -2.37. The summed E-state index contributed by atoms with van der Waals surface area (Å²) < 4.78 is 19.6. The van der Waals surface area contributed by atoms with Gasteiger partial charge in [-0.25, -0.2) is 14.8 Å². The third-order valence-corrected chi connectivity index (χ3v) is 6.69. The SMILES string of the molecule is C=C/C(C)=C\N=C(c1cc(Cl)cc(Nc2ccc(/C=N/Nc3ncc(F)c(N4CCOCC4)n3)nc2)c1)C(C)CC. The Morgan fingerprint density at radius 3 is 2.71 bits per heavy atom. The number of anilines is 4. The van der Waals surface area contributed by atoms with Crippen LogP contribution in [0.5, 0.6) is 0 Å². The number of rotatable bonds is 11. The molecule has 0 saturated carbocycles. The van der Waals surface area contributed by atoms with Crippen LogP contribution in [-0.2, 0) is 4.74 Å². The van der Waals surface area contributed by atoms with Crippen LogP contribution in [0.2, 0.25) is 5.02 Å². The second-order valence-corrected chi connectivity index (χ2v) is 10.00. The maximum atomic E-state index is 14.2. The fourth-order valence-corrected chi connectivity index (χ4v) is 4.24. The van der Waals surface area contributed by atoms with E-state index >= 15 is 0 Å². The van der Waals surface area contributed by atoms with Gasteiger partial charge >= 0.3 is 0 Å². The van der Waals surface area contributed by atoms with Gasteiger partial charge in [-0.3, -0.25) is 9.98 Å². The van der Waals surface area contributed by atoms with Crippen molar-refractivity contribution in [2.75, 3.05) is 41.9 Å². The summed E-state index contributed by atoms with van der Waals surface area (Å²) in [6.07, 6.45) is 8.92. The van der Waals surface area contributed by atoms with Crippen molar-refractivity contribution in [1.29, 1.82) is 0 Å². The largest absolute Gasteiger partial charge is 0.378 e. The summed E-state index contributed by atoms with van der Waals surface area (Å²) in [6, 6.07) is 9.52. The highest BCUT2D eigenvalue weighted by atomic mass is 35.5. The number of aromatic nitrogens is 3. The Bertz CT molecular complexity index is 1430. The molecule has 1 atom stereocenters. The number of morpholine rings is 1. The van der Waals surface area contributed by atoms with Crippen molar-refractivity contribution in [3.63, 3.8) is 0 Å². The minimum Gasteiger partial charge on any atom is -0.378 e. The van der Waals surface area contributed by atoms with Gasteiger partial charge < -0.3 is 15.0 Å². The third kappa shape index (κ3) is 8.42. The fraction of sp³-hybridized carbons (Fsp3) is 0.300. The number of hydrogen-bond acceptors (Lipinski definition) is 9. The first-order valence-corrected chi connectivity index (χ1v) is 13.8. The Morgan fingerprint density at radius 2 is 2.00 bits per heavy atom. The minimum absolute atomic E-state index is 0.189. The van der Waals surface area contributed by atoms with Crippen LogP contribution >= 0.6 is 11.6 Å². The van der Waals surface area contributed by atoms with Crippen molar-refractivity contribution in [1.82, 2.24) is 15.0 Å². The molecule has 1 saturated heterocycles. The van der Waals surface area contributed by atoms with Gasteiger partial charge in [0.25, 0.3) is 0 Å². The van der Waals surface area contributed by atoms with Gasteiger partial charge in [-0.2, -0.15) is 10.1 Å². The zero-order valence-corrected chi connectivity index (χ0v) is 24.2. The molecule has 9 nitrogen and oxygen atoms in total. The van der Waals surface area contributed by atoms with Crippen molar-refractivity contribution in [3.05, 3.63) is 89.3 Å². The number of pyridine rings is 1. The molecule has 1 aliphatic heterocycles. The standard InChI is InChI=1S/C30H34ClFN8O/c1-5-20(3)16-34-28(21(4)6-2)22-13-23(31)15-26(14-22)37-25-8-7-24(33-17-25)18-36-39-30-35-19-27(32)29(38-30)40-9-11-41-12-10-40/h5,7-8,13-19,21,37H,1,6,9-12H2,2-4H3,(H,35,38,39)/b20-16-,34-28?,36-18+. The van der Waals surface area contributed by atoms with Gasteiger partial charge in [0.15, 0.2) is 11.6 Å². The molecule has 0 spiro atoms. The number of nitrogens with one attached hydrogen (secondary N) is 2. The molecule has 3 heterocycles. The number of ether oxygens (including phenoxy) is 1. The topological polar surface area (TPSA) is 99.9 Å². The summed E-state index contributed by atoms with van der Waals surface area (Å²) in [5.41, 5.74) is 7.85. The van der Waals surface area contributed by atoms with Crippen molar-refractivity contribution in [3.8, 4) is 0 Å². The molecule has 0 radical (unpaired) electrons. The van der Waals surface area contributed by atoms with Gasteiger partial charge in [-0.05, 0) is 60.7 Å². The number of allylic oxidation sites excluding steroid dienone is 2. The zero-order chi connectivity index (χ0) is 29.2. The van der Waals surface area contributed by atoms with Crippen molar-refractivity contribution < 1.29 is 9.13 Å². The zero-order valence-electron chi connectivity index (χ0n) is 23.4. The molecule has 41 heavy (non-hydrogen) atoms. The fourth-order valence-electron chi connectivity index (χ4n) is 4.00. The average Bonchev–Trinajstić information content (AvgIpc) is 2.99. The van der Waals surface area contributed by atoms with E-state index in [9.17, 15) is 4.39 Å². The van der Waals surface area contributed by atoms with Gasteiger partial charge in [-0.1, -0.05) is 38.1 Å². The maximum absolute atomic E-state index is 14.2. The molecule has 1 fully saturated rings. The lowest BCUT2D eigenvalue weighted by Gasteiger charge is -2.27. The van der Waals surface area contributed by atoms with Gasteiger partial charge in [0, 0.05) is 30.0 Å². The number of hydrazone groups is 1. The van der Waals surface area contributed by atoms with Gasteiger partial charge in [0.1, 0.15) is 0 Å². The molecule has 1 unspecified atom stereocenters. The van der Waals surface area contributed by atoms with Crippen molar-refractivity contribution >= 4 is 46.7 Å². The van der Waals surface area contributed by atoms with Gasteiger partial charge in [0.05, 0.1) is 48.9 Å². The molecule has 2 N–H and O–H groups in total. The molecular weight excluding hydrogens is 543 g/mol. The van der Waals surface area contributed by atoms with Crippen LogP contribution in [0.3, 0.4) is 0 Å². The minimum atomic E-state index is -0.485. The third-order valence-electron chi connectivity index (χ3n) is 6.47. The Kier molecular flexibility index (Phi) is 10.5. The van der Waals surface area contributed by atoms with E-state index < -0.39 is 5.82 Å². The number of benzene rings is 1. The van der Waals surface area contributed by atoms with Crippen LogP contribution in [0.1, 0.15) is 38.4 Å². The van der Waals surface area contributed by atoms with Crippen molar-refractivity contribution in [2.24, 2.45) is 16.0 Å². The molecule has 1 aliphatic rings. The summed E-state index contributed by atoms with van der Waals surface area (Å²) >= 11 is 6.49. The van der Waals surface area contributed by atoms with Crippen LogP contribution in [0, 0.1) is 11.7 Å². The monoisotopic (exact) mass is 576 g/mol. The van der Waals surface area contributed by atoms with Crippen LogP contribution in [0.25, 0.3) is 0 Å². The van der Waals surface area contributed by atoms with Gasteiger partial charge in [0.2, 0.25) is 5.95 Å². The number of halogens is 2. The molecule has 1 aromatic carbocycles. The summed E-state index contributed by atoms with van der Waals surface area (Å²) in [5.74, 6) is 0.176. The van der Waals surface area contributed by atoms with Crippen LogP contribution in [0.4, 0.5) is 27.5 Å². The molecular formula is C30H34ClFN8O. The summed E-state index contributed by atoms with van der Waals surface area (Å²) in [4.78, 5) is 19.2. The Hall–Kier alpha value is -4.15. The first-order valence-electron chi connectivity index (χ1n) is 13.4. The first kappa shape index (κ1) is 29.8. The highest BCUT2D eigenvalue weighted by Crippen LogP contribution is 2.26. The summed E-state index contributed by atoms with van der Waals surface area (Å²) in [6.45, 7) is 12.2. The second kappa shape index (κ2) is 14.5. The van der Waals surface area contributed by atoms with E-state index in [1.54, 1.807) is 12.3 Å². The van der Waals surface area contributed by atoms with E-state index in [4.69, 9.17) is 21.3 Å². The Morgan fingerprint density at radius 1 is 1.20 bits per heavy atom. The second-order valence-electron chi connectivity index (χ2n) is 9.56. The molecule has 2 aromatic heterocycles. The molecule has 0 bridgehead atoms. The molecule has 11 heteroatoms. The molecule has 0 amide bonds. The summed E-state index contributed by atoms with van der Waals surface area (Å²) in [5, 5.41) is 8.12. The lowest BCUT2D eigenvalue weighted by molar-refractivity contribution is 0.122. The molecule has 214 valence electrons. The van der Waals surface area contributed by atoms with E-state index in [0.717, 1.165) is 40.8 Å². The quantitative estimate of drug-likeness (QED) is 0.150. The average molecular weight is 577 g/mol. The predicted octanol–water partition coefficient (Wildman–Crippen LogP) is 6.62. The number of hydrogen-bond donors (Lipinski definition) is 2. The van der Waals surface area contributed by atoms with E-state index in [1.165, 1.54) is 6.21 Å². The Balaban J connectivity index is 1.43. The van der Waals surface area contributed by atoms with E-state index in [-0.39, 0.29) is 17.7 Å². The van der Waals surface area contributed by atoms with Crippen LogP contribution in [-0.4, -0.2) is 53.2 Å². The van der Waals surface area contributed by atoms with E-state index in [2.05, 4.69) is 51.2 Å². The lowest BCUT2D eigenvalue weighted by atomic mass is 9.95. The number of aliphatic imine (C=N–C) groups is 1. The van der Waals surface area contributed by atoms with Crippen LogP contribution < -0.4 is 15.6 Å². The van der Waals surface area contributed by atoms with E-state index in [1.807, 2.05) is 48.4 Å². The normalized spacial score (nSPS) is 15.2. The highest BCUT2D eigenvalue weighted by molar-refractivity contribution is 6.31. The molecule has 0 aliphatic carbocycles. The first-order chi connectivity index (χ1) is 19.9. The Labute approximate surface area is 244 Å². The smallest absolute Gasteiger partial charge is 0.245 e. The van der Waals surface area contributed by atoms with Gasteiger partial charge in [-0.15, -0.1) is 0 Å². The summed E-state index contributed by atoms with van der Waals surface area (Å²) in [7, 11) is 0. The van der Waals surface area contributed by atoms with Crippen molar-refractivity contribution in [2.45, 2.75) is 27.2 Å².